The van der Waals surface area contributed by atoms with Crippen molar-refractivity contribution in [1.29, 1.82) is 0 Å². The van der Waals surface area contributed by atoms with Crippen molar-refractivity contribution in [1.82, 2.24) is 0 Å². The molecule has 55 heavy (non-hydrogen) atoms. The van der Waals surface area contributed by atoms with E-state index in [-0.39, 0.29) is 0 Å². The van der Waals surface area contributed by atoms with E-state index in [2.05, 4.69) is 184 Å². The van der Waals surface area contributed by atoms with E-state index in [0.717, 1.165) is 21.9 Å². The maximum Gasteiger partial charge on any atom is 0.139 e. The molecular formula is C46H36B8O. The molecule has 0 bridgehead atoms. The van der Waals surface area contributed by atoms with Crippen LogP contribution >= 0.6 is 0 Å². The van der Waals surface area contributed by atoms with Gasteiger partial charge in [-0.25, -0.2) is 0 Å². The van der Waals surface area contributed by atoms with Gasteiger partial charge in [0.05, 0.1) is 0 Å². The van der Waals surface area contributed by atoms with Gasteiger partial charge in [-0.3, -0.25) is 0 Å². The summed E-state index contributed by atoms with van der Waals surface area (Å²) in [6.45, 7) is 0. The van der Waals surface area contributed by atoms with Gasteiger partial charge in [0, 0.05) is 10.8 Å². The first-order valence-electron chi connectivity index (χ1n) is 19.5. The molecule has 1 heterocycles. The summed E-state index contributed by atoms with van der Waals surface area (Å²) >= 11 is 0. The lowest BCUT2D eigenvalue weighted by Gasteiger charge is -2.28. The van der Waals surface area contributed by atoms with E-state index >= 15 is 0 Å². The normalized spacial score (nSPS) is 11.9. The molecule has 0 aliphatic rings. The largest absolute Gasteiger partial charge is 0.456 e. The van der Waals surface area contributed by atoms with E-state index in [1.807, 2.05) is 0 Å². The Bertz CT molecular complexity index is 3210. The fourth-order valence-electron chi connectivity index (χ4n) is 9.69. The molecule has 10 rings (SSSR count). The number of hydrogen-bond acceptors (Lipinski definition) is 1. The van der Waals surface area contributed by atoms with Gasteiger partial charge in [-0.05, 0) is 94.7 Å². The minimum atomic E-state index is 0.927. The Kier molecular flexibility index (Phi) is 7.66. The van der Waals surface area contributed by atoms with Crippen LogP contribution in [0.4, 0.5) is 0 Å². The minimum absolute atomic E-state index is 0.927. The molecule has 0 fully saturated rings. The summed E-state index contributed by atoms with van der Waals surface area (Å²) in [5, 5.41) is 12.7. The van der Waals surface area contributed by atoms with E-state index in [1.165, 1.54) is 120 Å². The molecule has 1 aromatic heterocycles. The SMILES string of the molecule is Bc1c(B)c(B)c2c(-c3cccc4cc5c(cc34)oc3ccccc35)c3c(B)c(B)c(B)c(B)c3c(-c3ccc(-c4cccc5ccccc45)cc3)c2c1B. The molecule has 0 aliphatic carbocycles. The standard InChI is InChI=1S/C46H36B8O/c47-39-35-33(23-17-15-22(16-18-23)26-12-5-8-21-7-1-2-10-25(21)26)36-38(42(50)46(54)44(52)40(36)48)34(37(35)41(49)45(53)43(39)51)28-13-6-9-24-19-30-27-11-3-4-14-31(27)55-32(30)20-29(24)28/h1-20H,47-54H2. The van der Waals surface area contributed by atoms with E-state index in [9.17, 15) is 0 Å². The lowest BCUT2D eigenvalue weighted by molar-refractivity contribution is 0.669. The molecule has 9 aromatic carbocycles. The highest BCUT2D eigenvalue weighted by atomic mass is 16.3. The van der Waals surface area contributed by atoms with Gasteiger partial charge in [0.2, 0.25) is 0 Å². The van der Waals surface area contributed by atoms with Gasteiger partial charge >= 0.3 is 0 Å². The molecule has 0 saturated carbocycles. The molecular weight excluding hydrogens is 655 g/mol. The highest BCUT2D eigenvalue weighted by molar-refractivity contribution is 6.71. The Morgan fingerprint density at radius 2 is 0.800 bits per heavy atom. The van der Waals surface area contributed by atoms with Crippen LogP contribution in [0, 0.1) is 0 Å². The second-order valence-corrected chi connectivity index (χ2v) is 15.8. The zero-order chi connectivity index (χ0) is 37.9. The zero-order valence-electron chi connectivity index (χ0n) is 33.0. The Balaban J connectivity index is 1.36. The molecule has 250 valence electrons. The van der Waals surface area contributed by atoms with Crippen LogP contribution in [0.2, 0.25) is 0 Å². The van der Waals surface area contributed by atoms with Crippen LogP contribution in [0.3, 0.4) is 0 Å². The van der Waals surface area contributed by atoms with Crippen LogP contribution in [-0.4, -0.2) is 62.8 Å². The van der Waals surface area contributed by atoms with Crippen molar-refractivity contribution in [3.05, 3.63) is 121 Å². The average Bonchev–Trinajstić information content (AvgIpc) is 3.58. The summed E-state index contributed by atoms with van der Waals surface area (Å²) in [6, 6.07) is 44.6. The van der Waals surface area contributed by atoms with Gasteiger partial charge in [-0.15, -0.1) is 21.9 Å². The summed E-state index contributed by atoms with van der Waals surface area (Å²) in [4.78, 5) is 0. The third kappa shape index (κ3) is 4.85. The molecule has 0 radical (unpaired) electrons. The van der Waals surface area contributed by atoms with Crippen molar-refractivity contribution < 1.29 is 4.42 Å². The highest BCUT2D eigenvalue weighted by Gasteiger charge is 2.26. The van der Waals surface area contributed by atoms with Crippen LogP contribution in [-0.2, 0) is 0 Å². The van der Waals surface area contributed by atoms with Crippen LogP contribution in [0.25, 0.3) is 98.4 Å². The van der Waals surface area contributed by atoms with Gasteiger partial charge < -0.3 is 4.42 Å². The molecule has 0 spiro atoms. The summed E-state index contributed by atoms with van der Waals surface area (Å²) in [7, 11) is 18.6. The molecule has 0 saturated heterocycles. The Hall–Kier alpha value is -5.66. The minimum Gasteiger partial charge on any atom is -0.456 e. The Morgan fingerprint density at radius 1 is 0.309 bits per heavy atom. The number of fused-ring (bicyclic) bond motifs is 7. The Morgan fingerprint density at radius 3 is 1.44 bits per heavy atom. The zero-order valence-corrected chi connectivity index (χ0v) is 33.0. The van der Waals surface area contributed by atoms with Crippen molar-refractivity contribution in [2.24, 2.45) is 0 Å². The van der Waals surface area contributed by atoms with Gasteiger partial charge in [0.25, 0.3) is 0 Å². The summed E-state index contributed by atoms with van der Waals surface area (Å²) in [6.07, 6.45) is 0. The van der Waals surface area contributed by atoms with E-state index < -0.39 is 0 Å². The monoisotopic (exact) mass is 692 g/mol. The van der Waals surface area contributed by atoms with Crippen LogP contribution in [0.5, 0.6) is 0 Å². The predicted octanol–water partition coefficient (Wildman–Crippen LogP) is -0.733. The van der Waals surface area contributed by atoms with E-state index in [0.29, 0.717) is 0 Å². The number of benzene rings is 9. The van der Waals surface area contributed by atoms with E-state index in [4.69, 9.17) is 4.42 Å². The average molecular weight is 691 g/mol. The summed E-state index contributed by atoms with van der Waals surface area (Å²) in [5.41, 5.74) is 20.4. The Labute approximate surface area is 329 Å². The number of furan rings is 1. The van der Waals surface area contributed by atoms with Crippen molar-refractivity contribution >= 4 is 172 Å². The maximum atomic E-state index is 6.52. The fourth-order valence-corrected chi connectivity index (χ4v) is 9.69. The lowest BCUT2D eigenvalue weighted by atomic mass is 9.59. The first kappa shape index (κ1) is 33.9. The fraction of sp³-hybridized carbons (Fsp3) is 0. The van der Waals surface area contributed by atoms with Gasteiger partial charge in [0.15, 0.2) is 0 Å². The topological polar surface area (TPSA) is 13.1 Å². The molecule has 9 heteroatoms. The van der Waals surface area contributed by atoms with E-state index in [1.54, 1.807) is 0 Å². The number of rotatable bonds is 3. The van der Waals surface area contributed by atoms with Crippen molar-refractivity contribution in [3.63, 3.8) is 0 Å². The summed E-state index contributed by atoms with van der Waals surface area (Å²) in [5.74, 6) is 0. The van der Waals surface area contributed by atoms with Crippen LogP contribution in [0.1, 0.15) is 0 Å². The van der Waals surface area contributed by atoms with Gasteiger partial charge in [-0.2, -0.15) is 0 Å². The quantitative estimate of drug-likeness (QED) is 0.176. The molecule has 10 aromatic rings. The van der Waals surface area contributed by atoms with Crippen molar-refractivity contribution in [3.8, 4) is 33.4 Å². The first-order valence-corrected chi connectivity index (χ1v) is 19.5. The van der Waals surface area contributed by atoms with Crippen LogP contribution in [0.15, 0.2) is 126 Å². The first-order chi connectivity index (χ1) is 26.6. The molecule has 0 N–H and O–H groups in total. The van der Waals surface area contributed by atoms with Crippen molar-refractivity contribution in [2.75, 3.05) is 0 Å². The number of hydrogen-bond donors (Lipinski definition) is 0. The van der Waals surface area contributed by atoms with Crippen molar-refractivity contribution in [2.45, 2.75) is 0 Å². The van der Waals surface area contributed by atoms with Crippen LogP contribution < -0.4 is 43.7 Å². The molecule has 0 atom stereocenters. The maximum absolute atomic E-state index is 6.52. The number of para-hydroxylation sites is 1. The third-order valence-electron chi connectivity index (χ3n) is 13.3. The third-order valence-corrected chi connectivity index (χ3v) is 13.3. The molecule has 0 amide bonds. The second-order valence-electron chi connectivity index (χ2n) is 15.8. The highest BCUT2D eigenvalue weighted by Crippen LogP contribution is 2.44. The molecule has 1 nitrogen and oxygen atoms in total. The molecule has 0 aliphatic heterocycles. The predicted molar refractivity (Wildman–Crippen MR) is 265 cm³/mol. The van der Waals surface area contributed by atoms with Gasteiger partial charge in [-0.1, -0.05) is 125 Å². The second kappa shape index (κ2) is 12.4. The smallest absolute Gasteiger partial charge is 0.139 e. The van der Waals surface area contributed by atoms with Gasteiger partial charge in [0.1, 0.15) is 73.9 Å². The summed E-state index contributed by atoms with van der Waals surface area (Å²) < 4.78 is 6.52. The molecule has 0 unspecified atom stereocenters. The lowest BCUT2D eigenvalue weighted by Crippen LogP contribution is -2.50.